The van der Waals surface area contributed by atoms with Gasteiger partial charge in [0, 0.05) is 4.47 Å². The number of nitrogens with zero attached hydrogens (tertiary/aromatic N) is 2. The lowest BCUT2D eigenvalue weighted by Crippen LogP contribution is -2.24. The van der Waals surface area contributed by atoms with Crippen molar-refractivity contribution in [1.82, 2.24) is 20.7 Å². The van der Waals surface area contributed by atoms with Crippen LogP contribution in [0.25, 0.3) is 0 Å². The Hall–Kier alpha value is -1.40. The number of methoxy groups -OCH3 is 1. The molecular weight excluding hydrogens is 320 g/mol. The number of halogens is 1. The molecule has 1 unspecified atom stereocenters. The molecule has 0 amide bonds. The molecule has 0 aliphatic carbocycles. The molecule has 2 N–H and O–H groups in total. The van der Waals surface area contributed by atoms with E-state index in [1.165, 1.54) is 5.56 Å². The van der Waals surface area contributed by atoms with E-state index in [0.29, 0.717) is 0 Å². The van der Waals surface area contributed by atoms with E-state index in [0.717, 1.165) is 35.3 Å². The van der Waals surface area contributed by atoms with Crippen molar-refractivity contribution in [1.29, 1.82) is 0 Å². The fourth-order valence-electron chi connectivity index (χ4n) is 2.03. The van der Waals surface area contributed by atoms with Crippen LogP contribution >= 0.6 is 15.9 Å². The Balaban J connectivity index is 2.18. The first kappa shape index (κ1) is 15.0. The Morgan fingerprint density at radius 3 is 2.95 bits per heavy atom. The summed E-state index contributed by atoms with van der Waals surface area (Å²) in [5.41, 5.74) is 2.11. The Morgan fingerprint density at radius 1 is 1.45 bits per heavy atom. The molecule has 2 rings (SSSR count). The molecule has 1 heterocycles. The van der Waals surface area contributed by atoms with Crippen molar-refractivity contribution < 1.29 is 4.74 Å². The number of hydrogen-bond acceptors (Lipinski definition) is 4. The zero-order valence-corrected chi connectivity index (χ0v) is 13.3. The topological polar surface area (TPSA) is 62.8 Å². The fraction of sp³-hybridized carbons (Fsp3) is 0.429. The highest BCUT2D eigenvalue weighted by molar-refractivity contribution is 9.10. The summed E-state index contributed by atoms with van der Waals surface area (Å²) >= 11 is 3.59. The summed E-state index contributed by atoms with van der Waals surface area (Å²) in [5, 5.41) is 14.3. The van der Waals surface area contributed by atoms with Crippen molar-refractivity contribution in [3.8, 4) is 5.75 Å². The Kier molecular flexibility index (Phi) is 5.55. The summed E-state index contributed by atoms with van der Waals surface area (Å²) in [5.74, 6) is 0.859. The van der Waals surface area contributed by atoms with Gasteiger partial charge in [-0.15, -0.1) is 0 Å². The number of rotatable bonds is 7. The van der Waals surface area contributed by atoms with Crippen LogP contribution in [0.15, 0.2) is 28.9 Å². The van der Waals surface area contributed by atoms with Crippen LogP contribution in [0.2, 0.25) is 0 Å². The third-order valence-corrected chi connectivity index (χ3v) is 3.88. The molecule has 5 nitrogen and oxygen atoms in total. The second-order valence-corrected chi connectivity index (χ2v) is 5.42. The maximum atomic E-state index is 5.29. The quantitative estimate of drug-likeness (QED) is 0.814. The molecule has 1 aromatic carbocycles. The van der Waals surface area contributed by atoms with Gasteiger partial charge in [0.25, 0.3) is 0 Å². The van der Waals surface area contributed by atoms with Crippen molar-refractivity contribution in [3.05, 3.63) is 40.1 Å². The molecule has 0 saturated heterocycles. The molecule has 20 heavy (non-hydrogen) atoms. The summed E-state index contributed by atoms with van der Waals surface area (Å²) in [4.78, 5) is 0. The van der Waals surface area contributed by atoms with E-state index in [1.807, 2.05) is 18.2 Å². The zero-order chi connectivity index (χ0) is 14.4. The van der Waals surface area contributed by atoms with E-state index in [1.54, 1.807) is 13.3 Å². The van der Waals surface area contributed by atoms with Crippen molar-refractivity contribution in [2.45, 2.75) is 25.8 Å². The third-order valence-electron chi connectivity index (χ3n) is 3.11. The van der Waals surface area contributed by atoms with Crippen molar-refractivity contribution in [2.24, 2.45) is 0 Å². The van der Waals surface area contributed by atoms with Crippen molar-refractivity contribution in [3.63, 3.8) is 0 Å². The molecule has 0 bridgehead atoms. The minimum Gasteiger partial charge on any atom is -0.497 e. The Bertz CT molecular complexity index is 530. The summed E-state index contributed by atoms with van der Waals surface area (Å²) in [6, 6.07) is 6.13. The van der Waals surface area contributed by atoms with Gasteiger partial charge in [-0.05, 0) is 43.1 Å². The molecule has 1 atom stereocenters. The first-order valence-electron chi connectivity index (χ1n) is 6.66. The molecule has 0 aliphatic heterocycles. The summed E-state index contributed by atoms with van der Waals surface area (Å²) in [6.07, 6.45) is 3.67. The van der Waals surface area contributed by atoms with Gasteiger partial charge in [-0.25, -0.2) is 0 Å². The predicted octanol–water partition coefficient (Wildman–Crippen LogP) is 2.86. The van der Waals surface area contributed by atoms with Gasteiger partial charge in [0.1, 0.15) is 5.75 Å². The molecule has 0 spiro atoms. The fourth-order valence-corrected chi connectivity index (χ4v) is 2.44. The number of H-pyrrole nitrogens is 1. The van der Waals surface area contributed by atoms with E-state index in [4.69, 9.17) is 4.74 Å². The largest absolute Gasteiger partial charge is 0.497 e. The van der Waals surface area contributed by atoms with Crippen LogP contribution < -0.4 is 10.1 Å². The van der Waals surface area contributed by atoms with Crippen LogP contribution in [0.1, 0.15) is 30.6 Å². The maximum Gasteiger partial charge on any atom is 0.119 e. The van der Waals surface area contributed by atoms with E-state index in [2.05, 4.69) is 43.6 Å². The van der Waals surface area contributed by atoms with Gasteiger partial charge in [-0.1, -0.05) is 22.9 Å². The number of aromatic nitrogens is 3. The lowest BCUT2D eigenvalue weighted by atomic mass is 10.0. The highest BCUT2D eigenvalue weighted by atomic mass is 79.9. The average Bonchev–Trinajstić information content (AvgIpc) is 2.99. The van der Waals surface area contributed by atoms with Crippen molar-refractivity contribution >= 4 is 15.9 Å². The average molecular weight is 339 g/mol. The van der Waals surface area contributed by atoms with E-state index < -0.39 is 0 Å². The highest BCUT2D eigenvalue weighted by Gasteiger charge is 2.16. The summed E-state index contributed by atoms with van der Waals surface area (Å²) in [7, 11) is 1.68. The number of nitrogens with one attached hydrogen (secondary N) is 2. The Morgan fingerprint density at radius 2 is 2.30 bits per heavy atom. The molecule has 108 valence electrons. The van der Waals surface area contributed by atoms with Gasteiger partial charge in [0.2, 0.25) is 0 Å². The van der Waals surface area contributed by atoms with Gasteiger partial charge < -0.3 is 10.1 Å². The van der Waals surface area contributed by atoms with Crippen LogP contribution in [-0.4, -0.2) is 29.1 Å². The minimum absolute atomic E-state index is 0.136. The second-order valence-electron chi connectivity index (χ2n) is 4.56. The zero-order valence-electron chi connectivity index (χ0n) is 11.7. The molecule has 6 heteroatoms. The minimum atomic E-state index is 0.136. The monoisotopic (exact) mass is 338 g/mol. The third kappa shape index (κ3) is 3.80. The van der Waals surface area contributed by atoms with Gasteiger partial charge in [-0.3, -0.25) is 0 Å². The lowest BCUT2D eigenvalue weighted by Gasteiger charge is -2.17. The summed E-state index contributed by atoms with van der Waals surface area (Å²) < 4.78 is 6.36. The standard InChI is InChI=1S/C14H19BrN4O/c1-3-6-16-13(14-9-17-19-18-14)8-10-7-11(20-2)4-5-12(10)15/h4-5,7,9,13,16H,3,6,8H2,1-2H3,(H,17,18,19). The van der Waals surface area contributed by atoms with Gasteiger partial charge in [0.15, 0.2) is 0 Å². The first-order chi connectivity index (χ1) is 9.74. The molecule has 0 aliphatic rings. The summed E-state index contributed by atoms with van der Waals surface area (Å²) in [6.45, 7) is 3.09. The number of ether oxygens (including phenoxy) is 1. The molecule has 0 fully saturated rings. The van der Waals surface area contributed by atoms with Crippen LogP contribution in [-0.2, 0) is 6.42 Å². The number of hydrogen-bond donors (Lipinski definition) is 2. The van der Waals surface area contributed by atoms with Gasteiger partial charge in [0.05, 0.1) is 25.0 Å². The van der Waals surface area contributed by atoms with Gasteiger partial charge >= 0.3 is 0 Å². The predicted molar refractivity (Wildman–Crippen MR) is 81.8 cm³/mol. The number of aromatic amines is 1. The molecule has 0 saturated carbocycles. The molecule has 0 radical (unpaired) electrons. The molecule has 2 aromatic rings. The van der Waals surface area contributed by atoms with E-state index in [9.17, 15) is 0 Å². The highest BCUT2D eigenvalue weighted by Crippen LogP contribution is 2.26. The smallest absolute Gasteiger partial charge is 0.119 e. The maximum absolute atomic E-state index is 5.29. The van der Waals surface area contributed by atoms with E-state index in [-0.39, 0.29) is 6.04 Å². The van der Waals surface area contributed by atoms with Crippen LogP contribution in [0.4, 0.5) is 0 Å². The number of benzene rings is 1. The van der Waals surface area contributed by atoms with Crippen LogP contribution in [0.3, 0.4) is 0 Å². The Labute approximate surface area is 127 Å². The van der Waals surface area contributed by atoms with Crippen LogP contribution in [0.5, 0.6) is 5.75 Å². The lowest BCUT2D eigenvalue weighted by molar-refractivity contribution is 0.413. The molecular formula is C14H19BrN4O. The SMILES string of the molecule is CCCNC(Cc1cc(OC)ccc1Br)c1cn[nH]n1. The molecule has 1 aromatic heterocycles. The second kappa shape index (κ2) is 7.40. The first-order valence-corrected chi connectivity index (χ1v) is 7.45. The normalized spacial score (nSPS) is 12.3. The van der Waals surface area contributed by atoms with Gasteiger partial charge in [-0.2, -0.15) is 15.4 Å². The van der Waals surface area contributed by atoms with E-state index >= 15 is 0 Å². The van der Waals surface area contributed by atoms with Crippen molar-refractivity contribution in [2.75, 3.05) is 13.7 Å². The van der Waals surface area contributed by atoms with Crippen LogP contribution in [0, 0.1) is 0 Å².